The molecule has 2 heteroatoms. The van der Waals surface area contributed by atoms with Crippen molar-refractivity contribution in [2.75, 3.05) is 7.11 Å². The van der Waals surface area contributed by atoms with Gasteiger partial charge in [-0.3, -0.25) is 0 Å². The fraction of sp³-hybridized carbons (Fsp3) is 0.500. The first-order chi connectivity index (χ1) is 6.69. The van der Waals surface area contributed by atoms with Gasteiger partial charge in [0.25, 0.3) is 0 Å². The Morgan fingerprint density at radius 1 is 1.43 bits per heavy atom. The van der Waals surface area contributed by atoms with Crippen LogP contribution in [0.1, 0.15) is 36.9 Å². The molecule has 0 aliphatic carbocycles. The number of benzene rings is 1. The lowest BCUT2D eigenvalue weighted by atomic mass is 10.0. The van der Waals surface area contributed by atoms with E-state index in [1.807, 2.05) is 12.1 Å². The molecule has 2 N–H and O–H groups in total. The van der Waals surface area contributed by atoms with Crippen molar-refractivity contribution in [1.29, 1.82) is 0 Å². The summed E-state index contributed by atoms with van der Waals surface area (Å²) in [5.74, 6) is 0.900. The highest BCUT2D eigenvalue weighted by Gasteiger charge is 2.10. The molecule has 0 amide bonds. The molecule has 1 rings (SSSR count). The zero-order chi connectivity index (χ0) is 10.6. The zero-order valence-corrected chi connectivity index (χ0v) is 9.21. The maximum atomic E-state index is 6.07. The van der Waals surface area contributed by atoms with Crippen LogP contribution in [-0.2, 0) is 0 Å². The van der Waals surface area contributed by atoms with Gasteiger partial charge >= 0.3 is 0 Å². The number of ether oxygens (including phenoxy) is 1. The van der Waals surface area contributed by atoms with Crippen LogP contribution in [0, 0.1) is 6.92 Å². The van der Waals surface area contributed by atoms with E-state index in [1.54, 1.807) is 7.11 Å². The molecule has 0 aliphatic rings. The molecule has 1 aromatic carbocycles. The molecule has 0 radical (unpaired) electrons. The number of rotatable bonds is 4. The first-order valence-corrected chi connectivity index (χ1v) is 5.09. The van der Waals surface area contributed by atoms with E-state index in [0.29, 0.717) is 0 Å². The van der Waals surface area contributed by atoms with E-state index in [9.17, 15) is 0 Å². The first-order valence-electron chi connectivity index (χ1n) is 5.09. The summed E-state index contributed by atoms with van der Waals surface area (Å²) in [4.78, 5) is 0. The average molecular weight is 193 g/mol. The Morgan fingerprint density at radius 2 is 2.14 bits per heavy atom. The van der Waals surface area contributed by atoms with E-state index in [2.05, 4.69) is 19.9 Å². The van der Waals surface area contributed by atoms with E-state index in [4.69, 9.17) is 10.5 Å². The minimum atomic E-state index is 0.0925. The highest BCUT2D eigenvalue weighted by atomic mass is 16.5. The van der Waals surface area contributed by atoms with E-state index >= 15 is 0 Å². The number of methoxy groups -OCH3 is 1. The van der Waals surface area contributed by atoms with Crippen molar-refractivity contribution < 1.29 is 4.74 Å². The molecule has 0 heterocycles. The molecule has 1 atom stereocenters. The van der Waals surface area contributed by atoms with Gasteiger partial charge in [-0.2, -0.15) is 0 Å². The lowest BCUT2D eigenvalue weighted by molar-refractivity contribution is 0.404. The van der Waals surface area contributed by atoms with Crippen LogP contribution in [-0.4, -0.2) is 7.11 Å². The first kappa shape index (κ1) is 11.1. The minimum Gasteiger partial charge on any atom is -0.496 e. The number of aryl methyl sites for hydroxylation is 1. The van der Waals surface area contributed by atoms with Crippen LogP contribution in [0.2, 0.25) is 0 Å². The van der Waals surface area contributed by atoms with Gasteiger partial charge in [0.05, 0.1) is 7.11 Å². The molecule has 0 saturated heterocycles. The van der Waals surface area contributed by atoms with Crippen molar-refractivity contribution in [2.24, 2.45) is 5.73 Å². The molecule has 0 unspecified atom stereocenters. The molecule has 0 aromatic heterocycles. The highest BCUT2D eigenvalue weighted by molar-refractivity contribution is 5.38. The lowest BCUT2D eigenvalue weighted by Gasteiger charge is -2.15. The molecular weight excluding hydrogens is 174 g/mol. The summed E-state index contributed by atoms with van der Waals surface area (Å²) in [6, 6.07) is 6.23. The standard InChI is InChI=1S/C12H19NO/c1-4-5-11(13)10-8-9(2)6-7-12(10)14-3/h6-8,11H,4-5,13H2,1-3H3/t11-/m0/s1. The summed E-state index contributed by atoms with van der Waals surface area (Å²) in [6.45, 7) is 4.21. The number of nitrogens with two attached hydrogens (primary N) is 1. The predicted octanol–water partition coefficient (Wildman–Crippen LogP) is 2.80. The van der Waals surface area contributed by atoms with Crippen molar-refractivity contribution in [3.63, 3.8) is 0 Å². The molecule has 78 valence electrons. The summed E-state index contributed by atoms with van der Waals surface area (Å²) in [7, 11) is 1.69. The number of hydrogen-bond acceptors (Lipinski definition) is 2. The van der Waals surface area contributed by atoms with Crippen LogP contribution < -0.4 is 10.5 Å². The van der Waals surface area contributed by atoms with Gasteiger partial charge in [0.15, 0.2) is 0 Å². The molecule has 2 nitrogen and oxygen atoms in total. The van der Waals surface area contributed by atoms with Gasteiger partial charge in [0.1, 0.15) is 5.75 Å². The Morgan fingerprint density at radius 3 is 2.71 bits per heavy atom. The largest absolute Gasteiger partial charge is 0.496 e. The molecular formula is C12H19NO. The topological polar surface area (TPSA) is 35.2 Å². The van der Waals surface area contributed by atoms with Gasteiger partial charge in [0.2, 0.25) is 0 Å². The van der Waals surface area contributed by atoms with E-state index in [1.165, 1.54) is 5.56 Å². The Bertz CT molecular complexity index is 296. The maximum Gasteiger partial charge on any atom is 0.123 e. The van der Waals surface area contributed by atoms with Crippen LogP contribution in [0.3, 0.4) is 0 Å². The third-order valence-corrected chi connectivity index (χ3v) is 2.38. The van der Waals surface area contributed by atoms with Crippen LogP contribution >= 0.6 is 0 Å². The van der Waals surface area contributed by atoms with E-state index < -0.39 is 0 Å². The zero-order valence-electron chi connectivity index (χ0n) is 9.21. The molecule has 0 saturated carbocycles. The van der Waals surface area contributed by atoms with Crippen molar-refractivity contribution in [3.8, 4) is 5.75 Å². The summed E-state index contributed by atoms with van der Waals surface area (Å²) in [5.41, 5.74) is 8.42. The van der Waals surface area contributed by atoms with E-state index in [-0.39, 0.29) is 6.04 Å². The van der Waals surface area contributed by atoms with Gasteiger partial charge in [-0.1, -0.05) is 31.0 Å². The monoisotopic (exact) mass is 193 g/mol. The summed E-state index contributed by atoms with van der Waals surface area (Å²) in [6.07, 6.45) is 2.10. The number of hydrogen-bond donors (Lipinski definition) is 1. The molecule has 0 fully saturated rings. The molecule has 0 aliphatic heterocycles. The Labute approximate surface area is 86.1 Å². The maximum absolute atomic E-state index is 6.07. The van der Waals surface area contributed by atoms with Crippen molar-refractivity contribution in [1.82, 2.24) is 0 Å². The molecule has 1 aromatic rings. The van der Waals surface area contributed by atoms with Crippen LogP contribution in [0.25, 0.3) is 0 Å². The molecule has 0 bridgehead atoms. The highest BCUT2D eigenvalue weighted by Crippen LogP contribution is 2.27. The summed E-state index contributed by atoms with van der Waals surface area (Å²) < 4.78 is 5.29. The Hall–Kier alpha value is -1.02. The van der Waals surface area contributed by atoms with Gasteiger partial charge in [-0.25, -0.2) is 0 Å². The fourth-order valence-electron chi connectivity index (χ4n) is 1.61. The minimum absolute atomic E-state index is 0.0925. The van der Waals surface area contributed by atoms with Crippen molar-refractivity contribution in [3.05, 3.63) is 29.3 Å². The Kier molecular flexibility index (Phi) is 3.96. The average Bonchev–Trinajstić information content (AvgIpc) is 2.18. The van der Waals surface area contributed by atoms with Crippen LogP contribution in [0.5, 0.6) is 5.75 Å². The second-order valence-corrected chi connectivity index (χ2v) is 3.64. The molecule has 14 heavy (non-hydrogen) atoms. The summed E-state index contributed by atoms with van der Waals surface area (Å²) in [5, 5.41) is 0. The third kappa shape index (κ3) is 2.48. The normalized spacial score (nSPS) is 12.6. The van der Waals surface area contributed by atoms with Crippen LogP contribution in [0.15, 0.2) is 18.2 Å². The summed E-state index contributed by atoms with van der Waals surface area (Å²) >= 11 is 0. The smallest absolute Gasteiger partial charge is 0.123 e. The third-order valence-electron chi connectivity index (χ3n) is 2.38. The lowest BCUT2D eigenvalue weighted by Crippen LogP contribution is -2.11. The SMILES string of the molecule is CCC[C@H](N)c1cc(C)ccc1OC. The van der Waals surface area contributed by atoms with Gasteiger partial charge < -0.3 is 10.5 Å². The van der Waals surface area contributed by atoms with Gasteiger partial charge in [-0.05, 0) is 19.4 Å². The van der Waals surface area contributed by atoms with Crippen molar-refractivity contribution >= 4 is 0 Å². The quantitative estimate of drug-likeness (QED) is 0.798. The fourth-order valence-corrected chi connectivity index (χ4v) is 1.61. The van der Waals surface area contributed by atoms with Gasteiger partial charge in [0, 0.05) is 11.6 Å². The Balaban J connectivity index is 2.97. The second kappa shape index (κ2) is 5.01. The molecule has 0 spiro atoms. The van der Waals surface area contributed by atoms with Gasteiger partial charge in [-0.15, -0.1) is 0 Å². The van der Waals surface area contributed by atoms with E-state index in [0.717, 1.165) is 24.2 Å². The van der Waals surface area contributed by atoms with Crippen LogP contribution in [0.4, 0.5) is 0 Å². The predicted molar refractivity (Wildman–Crippen MR) is 59.6 cm³/mol. The van der Waals surface area contributed by atoms with Crippen molar-refractivity contribution in [2.45, 2.75) is 32.7 Å². The second-order valence-electron chi connectivity index (χ2n) is 3.64.